The Bertz CT molecular complexity index is 756. The van der Waals surface area contributed by atoms with Crippen LogP contribution < -0.4 is 9.46 Å². The number of benzene rings is 2. The van der Waals surface area contributed by atoms with Gasteiger partial charge in [0.15, 0.2) is 0 Å². The minimum Gasteiger partial charge on any atom is -0.495 e. The monoisotopic (exact) mass is 308 g/mol. The summed E-state index contributed by atoms with van der Waals surface area (Å²) in [5.74, 6) is 0.378. The summed E-state index contributed by atoms with van der Waals surface area (Å²) >= 11 is 0. The van der Waals surface area contributed by atoms with Crippen LogP contribution in [0.15, 0.2) is 53.4 Å². The van der Waals surface area contributed by atoms with E-state index >= 15 is 0 Å². The summed E-state index contributed by atoms with van der Waals surface area (Å²) in [6.45, 7) is 0. The molecular formula is C13H12N2O5S. The number of nitrogens with zero attached hydrogens (tertiary/aromatic N) is 1. The van der Waals surface area contributed by atoms with Gasteiger partial charge in [0.05, 0.1) is 22.6 Å². The van der Waals surface area contributed by atoms with Crippen molar-refractivity contribution in [3.05, 3.63) is 58.6 Å². The van der Waals surface area contributed by atoms with Crippen molar-refractivity contribution >= 4 is 21.4 Å². The fourth-order valence-electron chi connectivity index (χ4n) is 1.68. The Labute approximate surface area is 121 Å². The molecule has 0 spiro atoms. The minimum atomic E-state index is -3.84. The van der Waals surface area contributed by atoms with E-state index in [1.807, 2.05) is 0 Å². The van der Waals surface area contributed by atoms with Gasteiger partial charge in [-0.25, -0.2) is 8.42 Å². The highest BCUT2D eigenvalue weighted by atomic mass is 32.2. The topological polar surface area (TPSA) is 98.5 Å². The molecule has 0 saturated carbocycles. The van der Waals surface area contributed by atoms with E-state index in [-0.39, 0.29) is 10.6 Å². The van der Waals surface area contributed by atoms with Crippen molar-refractivity contribution in [2.24, 2.45) is 0 Å². The van der Waals surface area contributed by atoms with Gasteiger partial charge in [-0.05, 0) is 24.3 Å². The Balaban J connectivity index is 2.32. The van der Waals surface area contributed by atoms with Crippen LogP contribution in [-0.4, -0.2) is 20.5 Å². The van der Waals surface area contributed by atoms with Gasteiger partial charge in [0.1, 0.15) is 5.75 Å². The molecule has 110 valence electrons. The van der Waals surface area contributed by atoms with Crippen LogP contribution in [0.25, 0.3) is 0 Å². The second-order valence-electron chi connectivity index (χ2n) is 4.06. The maximum atomic E-state index is 12.2. The number of hydrogen-bond acceptors (Lipinski definition) is 5. The smallest absolute Gasteiger partial charge is 0.269 e. The molecule has 0 heterocycles. The lowest BCUT2D eigenvalue weighted by atomic mass is 10.3. The average Bonchev–Trinajstić information content (AvgIpc) is 2.47. The summed E-state index contributed by atoms with van der Waals surface area (Å²) in [6.07, 6.45) is 0. The second kappa shape index (κ2) is 5.80. The van der Waals surface area contributed by atoms with E-state index in [0.29, 0.717) is 11.4 Å². The number of nitrogens with one attached hydrogen (secondary N) is 1. The van der Waals surface area contributed by atoms with Gasteiger partial charge in [-0.2, -0.15) is 0 Å². The summed E-state index contributed by atoms with van der Waals surface area (Å²) in [4.78, 5) is 9.90. The van der Waals surface area contributed by atoms with Gasteiger partial charge in [0.25, 0.3) is 15.7 Å². The minimum absolute atomic E-state index is 0.0704. The summed E-state index contributed by atoms with van der Waals surface area (Å²) in [6, 6.07) is 11.2. The summed E-state index contributed by atoms with van der Waals surface area (Å²) in [7, 11) is -2.41. The van der Waals surface area contributed by atoms with Crippen LogP contribution in [0.3, 0.4) is 0 Å². The van der Waals surface area contributed by atoms with E-state index in [4.69, 9.17) is 4.74 Å². The molecule has 2 rings (SSSR count). The highest BCUT2D eigenvalue weighted by molar-refractivity contribution is 7.92. The molecule has 0 aliphatic heterocycles. The first kappa shape index (κ1) is 14.8. The fourth-order valence-corrected chi connectivity index (χ4v) is 2.75. The molecule has 0 atom stereocenters. The molecular weight excluding hydrogens is 296 g/mol. The lowest BCUT2D eigenvalue weighted by molar-refractivity contribution is -0.384. The van der Waals surface area contributed by atoms with Gasteiger partial charge >= 0.3 is 0 Å². The fraction of sp³-hybridized carbons (Fsp3) is 0.0769. The maximum Gasteiger partial charge on any atom is 0.269 e. The Morgan fingerprint density at radius 3 is 2.29 bits per heavy atom. The van der Waals surface area contributed by atoms with Crippen molar-refractivity contribution in [3.8, 4) is 5.75 Å². The molecule has 1 N–H and O–H groups in total. The van der Waals surface area contributed by atoms with Crippen LogP contribution in [0.2, 0.25) is 0 Å². The van der Waals surface area contributed by atoms with Crippen molar-refractivity contribution in [2.75, 3.05) is 11.8 Å². The van der Waals surface area contributed by atoms with Crippen molar-refractivity contribution in [1.29, 1.82) is 0 Å². The molecule has 0 aliphatic rings. The molecule has 0 saturated heterocycles. The first-order chi connectivity index (χ1) is 9.94. The quantitative estimate of drug-likeness (QED) is 0.675. The number of hydrogen-bond donors (Lipinski definition) is 1. The maximum absolute atomic E-state index is 12.2. The van der Waals surface area contributed by atoms with E-state index in [9.17, 15) is 18.5 Å². The number of anilines is 1. The molecule has 0 bridgehead atoms. The zero-order chi connectivity index (χ0) is 15.5. The largest absolute Gasteiger partial charge is 0.495 e. The number of para-hydroxylation sites is 2. The number of ether oxygens (including phenoxy) is 1. The number of nitro benzene ring substituents is 1. The highest BCUT2D eigenvalue weighted by Gasteiger charge is 2.17. The second-order valence-corrected chi connectivity index (χ2v) is 5.74. The first-order valence-electron chi connectivity index (χ1n) is 5.84. The Kier molecular flexibility index (Phi) is 4.08. The van der Waals surface area contributed by atoms with Crippen molar-refractivity contribution in [1.82, 2.24) is 0 Å². The van der Waals surface area contributed by atoms with E-state index in [1.165, 1.54) is 19.2 Å². The van der Waals surface area contributed by atoms with Gasteiger partial charge in [0, 0.05) is 12.1 Å². The Morgan fingerprint density at radius 2 is 1.71 bits per heavy atom. The van der Waals surface area contributed by atoms with E-state index in [0.717, 1.165) is 12.1 Å². The summed E-state index contributed by atoms with van der Waals surface area (Å²) in [5.41, 5.74) is 0.115. The van der Waals surface area contributed by atoms with Crippen LogP contribution in [0.1, 0.15) is 0 Å². The van der Waals surface area contributed by atoms with E-state index < -0.39 is 14.9 Å². The SMILES string of the molecule is COc1ccccc1NS(=O)(=O)c1ccc([N+](=O)[O-])cc1. The van der Waals surface area contributed by atoms with Gasteiger partial charge in [-0.15, -0.1) is 0 Å². The molecule has 0 amide bonds. The third-order valence-corrected chi connectivity index (χ3v) is 4.09. The van der Waals surface area contributed by atoms with Crippen molar-refractivity contribution < 1.29 is 18.1 Å². The van der Waals surface area contributed by atoms with Crippen LogP contribution in [0, 0.1) is 10.1 Å². The predicted molar refractivity (Wildman–Crippen MR) is 76.9 cm³/mol. The molecule has 7 nitrogen and oxygen atoms in total. The molecule has 2 aromatic carbocycles. The molecule has 21 heavy (non-hydrogen) atoms. The van der Waals surface area contributed by atoms with E-state index in [1.54, 1.807) is 24.3 Å². The molecule has 8 heteroatoms. The molecule has 0 aliphatic carbocycles. The number of nitro groups is 1. The molecule has 0 unspecified atom stereocenters. The third kappa shape index (κ3) is 3.29. The van der Waals surface area contributed by atoms with Crippen molar-refractivity contribution in [3.63, 3.8) is 0 Å². The van der Waals surface area contributed by atoms with Gasteiger partial charge in [-0.3, -0.25) is 14.8 Å². The standard InChI is InChI=1S/C13H12N2O5S/c1-20-13-5-3-2-4-12(13)14-21(18,19)11-8-6-10(7-9-11)15(16)17/h2-9,14H,1H3. The Hall–Kier alpha value is -2.61. The number of rotatable bonds is 5. The van der Waals surface area contributed by atoms with E-state index in [2.05, 4.69) is 4.72 Å². The summed E-state index contributed by atoms with van der Waals surface area (Å²) in [5, 5.41) is 10.6. The van der Waals surface area contributed by atoms with Crippen LogP contribution in [0.4, 0.5) is 11.4 Å². The highest BCUT2D eigenvalue weighted by Crippen LogP contribution is 2.26. The van der Waals surface area contributed by atoms with Gasteiger partial charge in [-0.1, -0.05) is 12.1 Å². The lowest BCUT2D eigenvalue weighted by Gasteiger charge is -2.11. The Morgan fingerprint density at radius 1 is 1.10 bits per heavy atom. The molecule has 0 fully saturated rings. The summed E-state index contributed by atoms with van der Waals surface area (Å²) < 4.78 is 31.9. The zero-order valence-electron chi connectivity index (χ0n) is 11.0. The predicted octanol–water partition coefficient (Wildman–Crippen LogP) is 2.40. The zero-order valence-corrected chi connectivity index (χ0v) is 11.8. The third-order valence-electron chi connectivity index (χ3n) is 2.71. The molecule has 0 radical (unpaired) electrons. The van der Waals surface area contributed by atoms with Crippen LogP contribution in [0.5, 0.6) is 5.75 Å². The van der Waals surface area contributed by atoms with Gasteiger partial charge < -0.3 is 4.74 Å². The molecule has 2 aromatic rings. The van der Waals surface area contributed by atoms with Crippen LogP contribution in [-0.2, 0) is 10.0 Å². The van der Waals surface area contributed by atoms with Gasteiger partial charge in [0.2, 0.25) is 0 Å². The average molecular weight is 308 g/mol. The first-order valence-corrected chi connectivity index (χ1v) is 7.32. The number of sulfonamides is 1. The molecule has 0 aromatic heterocycles. The van der Waals surface area contributed by atoms with Crippen molar-refractivity contribution in [2.45, 2.75) is 4.90 Å². The number of methoxy groups -OCH3 is 1. The van der Waals surface area contributed by atoms with Crippen LogP contribution >= 0.6 is 0 Å². The number of non-ortho nitro benzene ring substituents is 1. The normalized spacial score (nSPS) is 10.9. The lowest BCUT2D eigenvalue weighted by Crippen LogP contribution is -2.13.